The van der Waals surface area contributed by atoms with E-state index in [1.807, 2.05) is 44.3 Å². The van der Waals surface area contributed by atoms with Crippen LogP contribution in [0, 0.1) is 3.57 Å². The zero-order chi connectivity index (χ0) is 11.0. The Morgan fingerprint density at radius 3 is 2.40 bits per heavy atom. The lowest BCUT2D eigenvalue weighted by Gasteiger charge is -2.12. The highest BCUT2D eigenvalue weighted by atomic mass is 127. The number of hydrogen-bond acceptors (Lipinski definition) is 1. The van der Waals surface area contributed by atoms with E-state index in [-0.39, 0.29) is 11.6 Å². The average molecular weight is 313 g/mol. The lowest BCUT2D eigenvalue weighted by atomic mass is 10.1. The summed E-state index contributed by atoms with van der Waals surface area (Å²) in [5.41, 5.74) is 0.0982. The van der Waals surface area contributed by atoms with Crippen LogP contribution in [0.5, 0.6) is 0 Å². The van der Waals surface area contributed by atoms with Gasteiger partial charge in [0.25, 0.3) is 5.56 Å². The van der Waals surface area contributed by atoms with E-state index in [0.29, 0.717) is 0 Å². The molecule has 0 spiro atoms. The fourth-order valence-corrected chi connectivity index (χ4v) is 2.42. The summed E-state index contributed by atoms with van der Waals surface area (Å²) >= 11 is 2.27. The molecule has 0 aliphatic heterocycles. The van der Waals surface area contributed by atoms with Gasteiger partial charge in [-0.3, -0.25) is 4.79 Å². The second-order valence-electron chi connectivity index (χ2n) is 3.83. The molecule has 2 aromatic rings. The van der Waals surface area contributed by atoms with Gasteiger partial charge in [0.15, 0.2) is 0 Å². The van der Waals surface area contributed by atoms with Crippen molar-refractivity contribution in [1.82, 2.24) is 4.57 Å². The van der Waals surface area contributed by atoms with Crippen LogP contribution < -0.4 is 5.56 Å². The minimum atomic E-state index is 0.0982. The van der Waals surface area contributed by atoms with Crippen molar-refractivity contribution in [1.29, 1.82) is 0 Å². The molecule has 1 aromatic heterocycles. The number of benzene rings is 1. The summed E-state index contributed by atoms with van der Waals surface area (Å²) in [6, 6.07) is 7.95. The van der Waals surface area contributed by atoms with Crippen molar-refractivity contribution in [3.05, 3.63) is 44.4 Å². The quantitative estimate of drug-likeness (QED) is 0.741. The predicted molar refractivity (Wildman–Crippen MR) is 71.3 cm³/mol. The van der Waals surface area contributed by atoms with Crippen LogP contribution in [-0.2, 0) is 0 Å². The molecule has 15 heavy (non-hydrogen) atoms. The molecule has 1 aromatic carbocycles. The molecule has 0 bridgehead atoms. The number of aromatic nitrogens is 1. The van der Waals surface area contributed by atoms with Gasteiger partial charge in [-0.2, -0.15) is 0 Å². The average Bonchev–Trinajstić information content (AvgIpc) is 2.23. The lowest BCUT2D eigenvalue weighted by molar-refractivity contribution is 0.581. The van der Waals surface area contributed by atoms with Crippen molar-refractivity contribution < 1.29 is 0 Å². The standard InChI is InChI=1S/C12H12INO/c1-8(2)14-7-11(13)9-5-3-4-6-10(9)12(14)15/h3-8H,1-2H3. The van der Waals surface area contributed by atoms with Gasteiger partial charge >= 0.3 is 0 Å². The Morgan fingerprint density at radius 2 is 1.80 bits per heavy atom. The molecule has 0 N–H and O–H groups in total. The van der Waals surface area contributed by atoms with E-state index in [2.05, 4.69) is 22.6 Å². The number of fused-ring (bicyclic) bond motifs is 1. The molecule has 0 unspecified atom stereocenters. The van der Waals surface area contributed by atoms with Crippen LogP contribution in [0.2, 0.25) is 0 Å². The second kappa shape index (κ2) is 3.96. The van der Waals surface area contributed by atoms with E-state index in [4.69, 9.17) is 0 Å². The van der Waals surface area contributed by atoms with Crippen molar-refractivity contribution >= 4 is 33.4 Å². The van der Waals surface area contributed by atoms with Crippen LogP contribution in [0.4, 0.5) is 0 Å². The Balaban J connectivity index is 2.91. The van der Waals surface area contributed by atoms with Crippen molar-refractivity contribution in [2.24, 2.45) is 0 Å². The first-order valence-corrected chi connectivity index (χ1v) is 5.98. The first kappa shape index (κ1) is 10.7. The van der Waals surface area contributed by atoms with Crippen LogP contribution in [-0.4, -0.2) is 4.57 Å². The molecule has 0 radical (unpaired) electrons. The highest BCUT2D eigenvalue weighted by Crippen LogP contribution is 2.18. The van der Waals surface area contributed by atoms with E-state index in [0.717, 1.165) is 14.3 Å². The van der Waals surface area contributed by atoms with Gasteiger partial charge in [0.1, 0.15) is 0 Å². The summed E-state index contributed by atoms with van der Waals surface area (Å²) in [4.78, 5) is 12.1. The van der Waals surface area contributed by atoms with E-state index < -0.39 is 0 Å². The third kappa shape index (κ3) is 1.80. The Kier molecular flexibility index (Phi) is 2.82. The zero-order valence-corrected chi connectivity index (χ0v) is 10.9. The minimum Gasteiger partial charge on any atom is -0.311 e. The summed E-state index contributed by atoms with van der Waals surface area (Å²) < 4.78 is 2.90. The maximum atomic E-state index is 12.1. The first-order chi connectivity index (χ1) is 7.11. The molecule has 0 fully saturated rings. The minimum absolute atomic E-state index is 0.0982. The van der Waals surface area contributed by atoms with Gasteiger partial charge in [0.05, 0.1) is 0 Å². The topological polar surface area (TPSA) is 22.0 Å². The molecule has 0 aliphatic rings. The van der Waals surface area contributed by atoms with Gasteiger partial charge in [-0.25, -0.2) is 0 Å². The molecule has 2 rings (SSSR count). The van der Waals surface area contributed by atoms with Gasteiger partial charge in [0, 0.05) is 26.6 Å². The van der Waals surface area contributed by atoms with Crippen LogP contribution >= 0.6 is 22.6 Å². The molecule has 78 valence electrons. The monoisotopic (exact) mass is 313 g/mol. The van der Waals surface area contributed by atoms with Crippen LogP contribution in [0.1, 0.15) is 19.9 Å². The second-order valence-corrected chi connectivity index (χ2v) is 4.99. The lowest BCUT2D eigenvalue weighted by Crippen LogP contribution is -2.22. The first-order valence-electron chi connectivity index (χ1n) is 4.90. The molecule has 0 atom stereocenters. The van der Waals surface area contributed by atoms with Crippen molar-refractivity contribution in [3.8, 4) is 0 Å². The Labute approximate surface area is 102 Å². The molecule has 0 saturated heterocycles. The number of nitrogens with zero attached hydrogens (tertiary/aromatic N) is 1. The summed E-state index contributed by atoms with van der Waals surface area (Å²) in [5, 5.41) is 1.85. The molecular weight excluding hydrogens is 301 g/mol. The summed E-state index contributed by atoms with van der Waals surface area (Å²) in [5.74, 6) is 0. The Morgan fingerprint density at radius 1 is 1.20 bits per heavy atom. The van der Waals surface area contributed by atoms with E-state index in [9.17, 15) is 4.79 Å². The number of hydrogen-bond donors (Lipinski definition) is 0. The molecule has 0 amide bonds. The maximum absolute atomic E-state index is 12.1. The van der Waals surface area contributed by atoms with Gasteiger partial charge < -0.3 is 4.57 Å². The van der Waals surface area contributed by atoms with E-state index in [1.54, 1.807) is 4.57 Å². The number of halogens is 1. The van der Waals surface area contributed by atoms with Crippen LogP contribution in [0.15, 0.2) is 35.3 Å². The normalized spacial score (nSPS) is 11.2. The van der Waals surface area contributed by atoms with Gasteiger partial charge in [-0.1, -0.05) is 18.2 Å². The van der Waals surface area contributed by atoms with Gasteiger partial charge in [-0.15, -0.1) is 0 Å². The molecule has 2 nitrogen and oxygen atoms in total. The number of pyridine rings is 1. The summed E-state index contributed by atoms with van der Waals surface area (Å²) in [7, 11) is 0. The van der Waals surface area contributed by atoms with E-state index >= 15 is 0 Å². The molecule has 3 heteroatoms. The third-order valence-corrected chi connectivity index (χ3v) is 3.32. The maximum Gasteiger partial charge on any atom is 0.258 e. The van der Waals surface area contributed by atoms with Crippen LogP contribution in [0.3, 0.4) is 0 Å². The fourth-order valence-electron chi connectivity index (χ4n) is 1.65. The Bertz CT molecular complexity index is 557. The third-order valence-electron chi connectivity index (χ3n) is 2.46. The Hall–Kier alpha value is -0.840. The van der Waals surface area contributed by atoms with E-state index in [1.165, 1.54) is 0 Å². The fraction of sp³-hybridized carbons (Fsp3) is 0.250. The largest absolute Gasteiger partial charge is 0.311 e. The summed E-state index contributed by atoms with van der Waals surface area (Å²) in [6.45, 7) is 4.04. The van der Waals surface area contributed by atoms with Crippen molar-refractivity contribution in [2.75, 3.05) is 0 Å². The molecule has 1 heterocycles. The molecular formula is C12H12INO. The SMILES string of the molecule is CC(C)n1cc(I)c2ccccc2c1=O. The molecule has 0 saturated carbocycles. The van der Waals surface area contributed by atoms with Crippen molar-refractivity contribution in [2.45, 2.75) is 19.9 Å². The van der Waals surface area contributed by atoms with Gasteiger partial charge in [0.2, 0.25) is 0 Å². The highest BCUT2D eigenvalue weighted by Gasteiger charge is 2.07. The molecule has 0 aliphatic carbocycles. The van der Waals surface area contributed by atoms with Gasteiger partial charge in [-0.05, 0) is 42.5 Å². The van der Waals surface area contributed by atoms with Crippen molar-refractivity contribution in [3.63, 3.8) is 0 Å². The highest BCUT2D eigenvalue weighted by molar-refractivity contribution is 14.1. The predicted octanol–water partition coefficient (Wildman–Crippen LogP) is 3.19. The number of rotatable bonds is 1. The summed E-state index contributed by atoms with van der Waals surface area (Å²) in [6.07, 6.45) is 1.93. The smallest absolute Gasteiger partial charge is 0.258 e. The van der Waals surface area contributed by atoms with Crippen LogP contribution in [0.25, 0.3) is 10.8 Å². The zero-order valence-electron chi connectivity index (χ0n) is 8.70.